The summed E-state index contributed by atoms with van der Waals surface area (Å²) >= 11 is 8.47. The van der Waals surface area contributed by atoms with E-state index < -0.39 is 24.4 Å². The first-order valence-corrected chi connectivity index (χ1v) is 11.2. The van der Waals surface area contributed by atoms with Gasteiger partial charge >= 0.3 is 0 Å². The lowest BCUT2D eigenvalue weighted by Gasteiger charge is -2.24. The number of rotatable bonds is 3. The SMILES string of the molecule is Nc1ncnc2c1c(I)cn2[C@@H]1C[C@H](Oc2cc(Cl)cc3c2CNCC3)[C@@H](O)[C@H]1O. The van der Waals surface area contributed by atoms with E-state index in [1.54, 1.807) is 6.07 Å². The van der Waals surface area contributed by atoms with E-state index in [0.717, 1.165) is 33.0 Å². The van der Waals surface area contributed by atoms with Crippen LogP contribution in [0.1, 0.15) is 23.6 Å². The van der Waals surface area contributed by atoms with Crippen molar-refractivity contribution in [2.24, 2.45) is 0 Å². The largest absolute Gasteiger partial charge is 0.487 e. The van der Waals surface area contributed by atoms with Gasteiger partial charge in [-0.1, -0.05) is 11.6 Å². The van der Waals surface area contributed by atoms with Crippen LogP contribution in [0.4, 0.5) is 5.82 Å². The van der Waals surface area contributed by atoms with Gasteiger partial charge in [0.25, 0.3) is 0 Å². The van der Waals surface area contributed by atoms with Crippen molar-refractivity contribution < 1.29 is 14.9 Å². The van der Waals surface area contributed by atoms with Crippen LogP contribution in [-0.4, -0.2) is 49.6 Å². The molecule has 1 aliphatic carbocycles. The zero-order valence-electron chi connectivity index (χ0n) is 15.9. The second-order valence-electron chi connectivity index (χ2n) is 7.75. The Labute approximate surface area is 191 Å². The maximum atomic E-state index is 10.8. The fourth-order valence-corrected chi connectivity index (χ4v) is 5.52. The fraction of sp³-hybridized carbons (Fsp3) is 0.400. The smallest absolute Gasteiger partial charge is 0.146 e. The van der Waals surface area contributed by atoms with Crippen molar-refractivity contribution in [3.63, 3.8) is 0 Å². The number of nitrogens with zero attached hydrogens (tertiary/aromatic N) is 3. The van der Waals surface area contributed by atoms with E-state index in [2.05, 4.69) is 37.9 Å². The molecule has 8 nitrogen and oxygen atoms in total. The van der Waals surface area contributed by atoms with Crippen LogP contribution in [0.3, 0.4) is 0 Å². The minimum absolute atomic E-state index is 0.391. The number of ether oxygens (including phenoxy) is 1. The summed E-state index contributed by atoms with van der Waals surface area (Å²) in [5.74, 6) is 1.04. The predicted molar refractivity (Wildman–Crippen MR) is 122 cm³/mol. The molecule has 0 radical (unpaired) electrons. The summed E-state index contributed by atoms with van der Waals surface area (Å²) in [5.41, 5.74) is 8.85. The third kappa shape index (κ3) is 3.32. The van der Waals surface area contributed by atoms with Gasteiger partial charge in [0.1, 0.15) is 41.9 Å². The van der Waals surface area contributed by atoms with Crippen molar-refractivity contribution in [2.45, 2.75) is 43.7 Å². The average molecular weight is 542 g/mol. The van der Waals surface area contributed by atoms with Gasteiger partial charge in [-0.05, 0) is 53.3 Å². The van der Waals surface area contributed by atoms with Gasteiger partial charge in [-0.25, -0.2) is 9.97 Å². The topological polar surface area (TPSA) is 118 Å². The van der Waals surface area contributed by atoms with Gasteiger partial charge < -0.3 is 30.6 Å². The number of fused-ring (bicyclic) bond motifs is 2. The molecule has 0 spiro atoms. The molecule has 3 heterocycles. The first kappa shape index (κ1) is 20.3. The number of halogens is 2. The molecule has 3 aromatic rings. The van der Waals surface area contributed by atoms with E-state index in [1.807, 2.05) is 16.8 Å². The molecule has 1 aliphatic heterocycles. The van der Waals surface area contributed by atoms with Gasteiger partial charge in [0.05, 0.1) is 11.4 Å². The summed E-state index contributed by atoms with van der Waals surface area (Å²) in [4.78, 5) is 8.41. The molecular formula is C20H21ClIN5O3. The zero-order chi connectivity index (χ0) is 21.0. The Morgan fingerprint density at radius 3 is 2.93 bits per heavy atom. The average Bonchev–Trinajstić information content (AvgIpc) is 3.20. The van der Waals surface area contributed by atoms with E-state index in [1.165, 1.54) is 6.33 Å². The number of aliphatic hydroxyl groups is 2. The summed E-state index contributed by atoms with van der Waals surface area (Å²) in [6, 6.07) is 3.34. The molecule has 1 saturated carbocycles. The second kappa shape index (κ2) is 7.79. The van der Waals surface area contributed by atoms with Crippen LogP contribution in [-0.2, 0) is 13.0 Å². The number of aromatic nitrogens is 3. The summed E-state index contributed by atoms with van der Waals surface area (Å²) in [6.07, 6.45) is 1.94. The first-order chi connectivity index (χ1) is 14.4. The number of nitrogen functional groups attached to an aromatic ring is 1. The Morgan fingerprint density at radius 2 is 2.10 bits per heavy atom. The van der Waals surface area contributed by atoms with Crippen LogP contribution in [0.5, 0.6) is 5.75 Å². The molecule has 0 amide bonds. The van der Waals surface area contributed by atoms with Gasteiger partial charge in [-0.3, -0.25) is 0 Å². The lowest BCUT2D eigenvalue weighted by Crippen LogP contribution is -2.34. The number of nitrogens with one attached hydrogen (secondary N) is 1. The quantitative estimate of drug-likeness (QED) is 0.375. The standard InChI is InChI=1S/C20H21ClIN5O3/c21-10-3-9-1-2-24-6-11(9)14(4-10)30-15-5-13(17(28)18(15)29)27-7-12(22)16-19(23)25-8-26-20(16)27/h3-4,7-8,13,15,17-18,24,28-29H,1-2,5-6H2,(H2,23,25,26)/t13-,15+,17+,18-/m1/s1. The minimum atomic E-state index is -1.05. The lowest BCUT2D eigenvalue weighted by molar-refractivity contribution is -0.0166. The molecule has 1 fully saturated rings. The van der Waals surface area contributed by atoms with Gasteiger partial charge in [0, 0.05) is 33.3 Å². The van der Waals surface area contributed by atoms with E-state index >= 15 is 0 Å². The van der Waals surface area contributed by atoms with Crippen molar-refractivity contribution in [3.05, 3.63) is 44.4 Å². The number of hydrogen-bond donors (Lipinski definition) is 4. The van der Waals surface area contributed by atoms with Crippen molar-refractivity contribution in [1.29, 1.82) is 0 Å². The van der Waals surface area contributed by atoms with Crippen LogP contribution in [0.15, 0.2) is 24.7 Å². The molecule has 30 heavy (non-hydrogen) atoms. The number of nitrogens with two attached hydrogens (primary N) is 1. The van der Waals surface area contributed by atoms with Gasteiger partial charge in [0.2, 0.25) is 0 Å². The van der Waals surface area contributed by atoms with Crippen LogP contribution in [0, 0.1) is 3.57 Å². The molecule has 158 valence electrons. The third-order valence-electron chi connectivity index (χ3n) is 5.97. The van der Waals surface area contributed by atoms with Gasteiger partial charge in [0.15, 0.2) is 0 Å². The molecule has 0 saturated heterocycles. The Balaban J connectivity index is 1.47. The highest BCUT2D eigenvalue weighted by molar-refractivity contribution is 14.1. The van der Waals surface area contributed by atoms with Crippen molar-refractivity contribution in [1.82, 2.24) is 19.9 Å². The van der Waals surface area contributed by atoms with E-state index in [4.69, 9.17) is 22.1 Å². The Hall–Kier alpha value is -1.66. The maximum absolute atomic E-state index is 10.8. The molecular weight excluding hydrogens is 521 g/mol. The Bertz CT molecular complexity index is 1120. The highest BCUT2D eigenvalue weighted by atomic mass is 127. The summed E-state index contributed by atoms with van der Waals surface area (Å²) in [6.45, 7) is 1.58. The number of benzene rings is 1. The number of hydrogen-bond acceptors (Lipinski definition) is 7. The normalized spacial score (nSPS) is 26.1. The van der Waals surface area contributed by atoms with Crippen LogP contribution < -0.4 is 15.8 Å². The second-order valence-corrected chi connectivity index (χ2v) is 9.35. The summed E-state index contributed by atoms with van der Waals surface area (Å²) in [7, 11) is 0. The predicted octanol–water partition coefficient (Wildman–Crippen LogP) is 2.03. The Morgan fingerprint density at radius 1 is 1.27 bits per heavy atom. The molecule has 2 aromatic heterocycles. The minimum Gasteiger partial charge on any atom is -0.487 e. The molecule has 4 atom stereocenters. The van der Waals surface area contributed by atoms with Crippen LogP contribution >= 0.6 is 34.2 Å². The first-order valence-electron chi connectivity index (χ1n) is 9.75. The van der Waals surface area contributed by atoms with E-state index in [0.29, 0.717) is 35.2 Å². The van der Waals surface area contributed by atoms with Gasteiger partial charge in [-0.15, -0.1) is 0 Å². The molecule has 10 heteroatoms. The van der Waals surface area contributed by atoms with Gasteiger partial charge in [-0.2, -0.15) is 0 Å². The van der Waals surface area contributed by atoms with E-state index in [-0.39, 0.29) is 0 Å². The van der Waals surface area contributed by atoms with Crippen molar-refractivity contribution in [3.8, 4) is 5.75 Å². The molecule has 2 aliphatic rings. The molecule has 0 bridgehead atoms. The summed E-state index contributed by atoms with van der Waals surface area (Å²) in [5, 5.41) is 26.3. The molecule has 5 N–H and O–H groups in total. The zero-order valence-corrected chi connectivity index (χ0v) is 18.8. The molecule has 0 unspecified atom stereocenters. The lowest BCUT2D eigenvalue weighted by atomic mass is 10.00. The maximum Gasteiger partial charge on any atom is 0.146 e. The van der Waals surface area contributed by atoms with Crippen molar-refractivity contribution in [2.75, 3.05) is 12.3 Å². The summed E-state index contributed by atoms with van der Waals surface area (Å²) < 4.78 is 8.98. The fourth-order valence-electron chi connectivity index (χ4n) is 4.47. The van der Waals surface area contributed by atoms with Crippen LogP contribution in [0.2, 0.25) is 5.02 Å². The highest BCUT2D eigenvalue weighted by Gasteiger charge is 2.45. The van der Waals surface area contributed by atoms with Crippen molar-refractivity contribution >= 4 is 51.0 Å². The molecule has 5 rings (SSSR count). The monoisotopic (exact) mass is 541 g/mol. The molecule has 1 aromatic carbocycles. The van der Waals surface area contributed by atoms with Crippen LogP contribution in [0.25, 0.3) is 11.0 Å². The number of aliphatic hydroxyl groups excluding tert-OH is 2. The number of anilines is 1. The highest BCUT2D eigenvalue weighted by Crippen LogP contribution is 2.39. The Kier molecular flexibility index (Phi) is 5.26. The van der Waals surface area contributed by atoms with E-state index in [9.17, 15) is 10.2 Å². The third-order valence-corrected chi connectivity index (χ3v) is 7.00.